The van der Waals surface area contributed by atoms with Gasteiger partial charge < -0.3 is 22.6 Å². The van der Waals surface area contributed by atoms with E-state index in [0.29, 0.717) is 19.0 Å². The van der Waals surface area contributed by atoms with Gasteiger partial charge in [-0.3, -0.25) is 0 Å². The van der Waals surface area contributed by atoms with E-state index in [1.54, 1.807) is 7.11 Å². The minimum atomic E-state index is -4.70. The molecule has 0 aromatic heterocycles. The monoisotopic (exact) mass is 210 g/mol. The van der Waals surface area contributed by atoms with Gasteiger partial charge in [0, 0.05) is 13.7 Å². The zero-order valence-corrected chi connectivity index (χ0v) is 8.55. The topological polar surface area (TPSA) is 12.5 Å². The Morgan fingerprint density at radius 1 is 1.43 bits per heavy atom. The van der Waals surface area contributed by atoms with Crippen molar-refractivity contribution in [3.8, 4) is 0 Å². The highest BCUT2D eigenvalue weighted by molar-refractivity contribution is 6.58. The van der Waals surface area contributed by atoms with Crippen LogP contribution < -0.4 is 0 Å². The molecule has 0 aromatic carbocycles. The first-order chi connectivity index (χ1) is 6.42. The number of halogens is 3. The fourth-order valence-corrected chi connectivity index (χ4v) is 1.86. The molecule has 0 saturated carbocycles. The second kappa shape index (κ2) is 4.53. The van der Waals surface area contributed by atoms with Gasteiger partial charge in [0.2, 0.25) is 0 Å². The van der Waals surface area contributed by atoms with Crippen molar-refractivity contribution in [2.45, 2.75) is 19.4 Å². The maximum absolute atomic E-state index is 12.1. The van der Waals surface area contributed by atoms with Crippen molar-refractivity contribution in [1.82, 2.24) is 4.90 Å². The van der Waals surface area contributed by atoms with Crippen LogP contribution in [0.25, 0.3) is 0 Å². The van der Waals surface area contributed by atoms with E-state index in [1.807, 2.05) is 6.92 Å². The molecular formula is C8H16BF3NO-. The Morgan fingerprint density at radius 2 is 2.07 bits per heavy atom. The molecule has 84 valence electrons. The van der Waals surface area contributed by atoms with Crippen LogP contribution in [0.3, 0.4) is 0 Å². The minimum Gasteiger partial charge on any atom is -0.448 e. The average molecular weight is 210 g/mol. The summed E-state index contributed by atoms with van der Waals surface area (Å²) in [4.78, 5) is 1.44. The lowest BCUT2D eigenvalue weighted by Crippen LogP contribution is -2.48. The smallest absolute Gasteiger partial charge is 0.448 e. The van der Waals surface area contributed by atoms with Gasteiger partial charge in [0.25, 0.3) is 0 Å². The molecule has 0 radical (unpaired) electrons. The number of hydrogen-bond donors (Lipinski definition) is 0. The summed E-state index contributed by atoms with van der Waals surface area (Å²) in [6, 6.07) is 0. The van der Waals surface area contributed by atoms with Gasteiger partial charge in [-0.25, -0.2) is 0 Å². The summed E-state index contributed by atoms with van der Waals surface area (Å²) in [5, 5.41) is 0. The molecule has 6 heteroatoms. The van der Waals surface area contributed by atoms with Crippen LogP contribution in [0.1, 0.15) is 13.3 Å². The van der Waals surface area contributed by atoms with E-state index >= 15 is 0 Å². The lowest BCUT2D eigenvalue weighted by Gasteiger charge is -2.38. The van der Waals surface area contributed by atoms with Crippen LogP contribution in [0.15, 0.2) is 0 Å². The van der Waals surface area contributed by atoms with E-state index in [9.17, 15) is 12.9 Å². The van der Waals surface area contributed by atoms with Gasteiger partial charge in [-0.05, 0) is 25.3 Å². The van der Waals surface area contributed by atoms with Crippen LogP contribution >= 0.6 is 0 Å². The van der Waals surface area contributed by atoms with Crippen molar-refractivity contribution in [1.29, 1.82) is 0 Å². The number of piperidine rings is 1. The van der Waals surface area contributed by atoms with Gasteiger partial charge >= 0.3 is 6.98 Å². The van der Waals surface area contributed by atoms with Crippen LogP contribution in [0, 0.1) is 5.92 Å². The summed E-state index contributed by atoms with van der Waals surface area (Å²) in [6.07, 6.45) is -0.0288. The molecule has 0 aliphatic carbocycles. The molecule has 1 rings (SSSR count). The van der Waals surface area contributed by atoms with Gasteiger partial charge in [0.15, 0.2) is 0 Å². The SMILES string of the molecule is COC1CN(C[B-](F)(F)F)CCC1C. The molecule has 1 aliphatic rings. The van der Waals surface area contributed by atoms with Gasteiger partial charge in [-0.1, -0.05) is 6.92 Å². The molecule has 0 aromatic rings. The van der Waals surface area contributed by atoms with E-state index in [2.05, 4.69) is 0 Å². The Morgan fingerprint density at radius 3 is 2.57 bits per heavy atom. The summed E-state index contributed by atoms with van der Waals surface area (Å²) in [6.45, 7) is -1.75. The van der Waals surface area contributed by atoms with Gasteiger partial charge in [-0.15, -0.1) is 0 Å². The first kappa shape index (κ1) is 11.8. The first-order valence-electron chi connectivity index (χ1n) is 4.88. The molecule has 2 atom stereocenters. The molecule has 0 amide bonds. The van der Waals surface area contributed by atoms with Crippen LogP contribution in [0.4, 0.5) is 12.9 Å². The van der Waals surface area contributed by atoms with Crippen LogP contribution in [-0.4, -0.2) is 44.6 Å². The molecular weight excluding hydrogens is 194 g/mol. The van der Waals surface area contributed by atoms with Crippen molar-refractivity contribution < 1.29 is 17.7 Å². The predicted octanol–water partition coefficient (Wildman–Crippen LogP) is 1.73. The molecule has 1 heterocycles. The maximum Gasteiger partial charge on any atom is 0.492 e. The van der Waals surface area contributed by atoms with E-state index < -0.39 is 13.4 Å². The molecule has 2 unspecified atom stereocenters. The van der Waals surface area contributed by atoms with Crippen LogP contribution in [0.5, 0.6) is 0 Å². The Labute approximate surface area is 82.5 Å². The van der Waals surface area contributed by atoms with Crippen molar-refractivity contribution in [3.63, 3.8) is 0 Å². The Hall–Kier alpha value is -0.225. The number of ether oxygens (including phenoxy) is 1. The third-order valence-corrected chi connectivity index (χ3v) is 2.74. The maximum atomic E-state index is 12.1. The first-order valence-corrected chi connectivity index (χ1v) is 4.88. The number of rotatable bonds is 3. The molecule has 0 N–H and O–H groups in total. The normalized spacial score (nSPS) is 30.6. The number of methoxy groups -OCH3 is 1. The van der Waals surface area contributed by atoms with E-state index in [-0.39, 0.29) is 6.10 Å². The highest BCUT2D eigenvalue weighted by Gasteiger charge is 2.31. The van der Waals surface area contributed by atoms with Crippen molar-refractivity contribution in [2.24, 2.45) is 5.92 Å². The summed E-state index contributed by atoms with van der Waals surface area (Å²) >= 11 is 0. The third kappa shape index (κ3) is 3.50. The Bertz CT molecular complexity index is 188. The zero-order chi connectivity index (χ0) is 10.8. The van der Waals surface area contributed by atoms with Gasteiger partial charge in [-0.2, -0.15) is 0 Å². The van der Waals surface area contributed by atoms with E-state index in [0.717, 1.165) is 6.42 Å². The zero-order valence-electron chi connectivity index (χ0n) is 8.55. The molecule has 0 spiro atoms. The fraction of sp³-hybridized carbons (Fsp3) is 1.00. The predicted molar refractivity (Wildman–Crippen MR) is 50.1 cm³/mol. The summed E-state index contributed by atoms with van der Waals surface area (Å²) in [5.41, 5.74) is 0. The number of hydrogen-bond acceptors (Lipinski definition) is 2. The van der Waals surface area contributed by atoms with Crippen molar-refractivity contribution in [2.75, 3.05) is 26.6 Å². The molecule has 2 nitrogen and oxygen atoms in total. The molecule has 0 bridgehead atoms. The van der Waals surface area contributed by atoms with Crippen LogP contribution in [0.2, 0.25) is 0 Å². The highest BCUT2D eigenvalue weighted by Crippen LogP contribution is 2.21. The second-order valence-electron chi connectivity index (χ2n) is 4.01. The molecule has 1 aliphatic heterocycles. The van der Waals surface area contributed by atoms with E-state index in [1.165, 1.54) is 4.90 Å². The van der Waals surface area contributed by atoms with Gasteiger partial charge in [0.1, 0.15) is 0 Å². The summed E-state index contributed by atoms with van der Waals surface area (Å²) in [5.74, 6) is 0.358. The van der Waals surface area contributed by atoms with Gasteiger partial charge in [0.05, 0.1) is 6.10 Å². The van der Waals surface area contributed by atoms with Crippen molar-refractivity contribution in [3.05, 3.63) is 0 Å². The standard InChI is InChI=1S/C8H16BF3NO/c1-7-3-4-13(5-8(7)14-2)6-9(10,11)12/h7-8H,3-6H2,1-2H3/q-1. The third-order valence-electron chi connectivity index (χ3n) is 2.74. The minimum absolute atomic E-state index is 0.0538. The largest absolute Gasteiger partial charge is 0.492 e. The lowest BCUT2D eigenvalue weighted by atomic mass is 9.88. The Balaban J connectivity index is 2.43. The fourth-order valence-electron chi connectivity index (χ4n) is 1.86. The van der Waals surface area contributed by atoms with Crippen LogP contribution in [-0.2, 0) is 4.74 Å². The molecule has 1 saturated heterocycles. The highest BCUT2D eigenvalue weighted by atomic mass is 19.4. The Kier molecular flexibility index (Phi) is 3.83. The number of likely N-dealkylation sites (tertiary alicyclic amines) is 1. The lowest BCUT2D eigenvalue weighted by molar-refractivity contribution is -0.00175. The van der Waals surface area contributed by atoms with Crippen molar-refractivity contribution >= 4 is 6.98 Å². The molecule has 1 fully saturated rings. The summed E-state index contributed by atoms with van der Waals surface area (Å²) < 4.78 is 41.6. The number of nitrogens with zero attached hydrogens (tertiary/aromatic N) is 1. The summed E-state index contributed by atoms with van der Waals surface area (Å²) in [7, 11) is 1.56. The quantitative estimate of drug-likeness (QED) is 0.657. The second-order valence-corrected chi connectivity index (χ2v) is 4.01. The molecule has 14 heavy (non-hydrogen) atoms. The van der Waals surface area contributed by atoms with E-state index in [4.69, 9.17) is 4.74 Å². The average Bonchev–Trinajstić information content (AvgIpc) is 2.06.